The molecule has 4 heterocycles. The molecule has 4 rings (SSSR count). The first-order chi connectivity index (χ1) is 10.2. The van der Waals surface area contributed by atoms with E-state index >= 15 is 0 Å². The third-order valence-corrected chi connectivity index (χ3v) is 5.05. The third kappa shape index (κ3) is 2.11. The first kappa shape index (κ1) is 13.1. The number of piperidine rings is 2. The molecule has 2 aliphatic heterocycles. The van der Waals surface area contributed by atoms with Crippen molar-refractivity contribution in [3.63, 3.8) is 0 Å². The van der Waals surface area contributed by atoms with Crippen LogP contribution in [0, 0.1) is 0 Å². The molecule has 0 saturated carbocycles. The smallest absolute Gasteiger partial charge is 0.222 e. The summed E-state index contributed by atoms with van der Waals surface area (Å²) in [5.41, 5.74) is 0.835. The van der Waals surface area contributed by atoms with Crippen molar-refractivity contribution in [3.8, 4) is 0 Å². The zero-order valence-electron chi connectivity index (χ0n) is 11.7. The number of amides is 1. The van der Waals surface area contributed by atoms with Crippen molar-refractivity contribution in [2.45, 2.75) is 44.1 Å². The van der Waals surface area contributed by atoms with Crippen LogP contribution in [0.25, 0.3) is 5.52 Å². The molecule has 0 aliphatic carbocycles. The lowest BCUT2D eigenvalue weighted by Gasteiger charge is -2.42. The molecule has 0 N–H and O–H groups in total. The zero-order valence-corrected chi connectivity index (χ0v) is 12.5. The van der Waals surface area contributed by atoms with E-state index in [-0.39, 0.29) is 5.92 Å². The van der Waals surface area contributed by atoms with E-state index in [2.05, 4.69) is 14.9 Å². The van der Waals surface area contributed by atoms with Crippen molar-refractivity contribution in [1.82, 2.24) is 19.3 Å². The Morgan fingerprint density at radius 1 is 1.24 bits per heavy atom. The van der Waals surface area contributed by atoms with E-state index < -0.39 is 0 Å². The molecule has 2 fully saturated rings. The number of hydrogen-bond donors (Lipinski definition) is 0. The lowest BCUT2D eigenvalue weighted by molar-refractivity contribution is -0.138. The predicted molar refractivity (Wildman–Crippen MR) is 79.3 cm³/mol. The van der Waals surface area contributed by atoms with Crippen LogP contribution in [0.1, 0.15) is 43.8 Å². The van der Waals surface area contributed by atoms with Crippen LogP contribution in [0.2, 0.25) is 5.15 Å². The maximum atomic E-state index is 12.1. The van der Waals surface area contributed by atoms with Crippen LogP contribution in [0.5, 0.6) is 0 Å². The summed E-state index contributed by atoms with van der Waals surface area (Å²) in [4.78, 5) is 22.8. The average molecular weight is 305 g/mol. The molecule has 6 heteroatoms. The van der Waals surface area contributed by atoms with Crippen molar-refractivity contribution in [1.29, 1.82) is 0 Å². The summed E-state index contributed by atoms with van der Waals surface area (Å²) in [5.74, 6) is 1.58. The minimum absolute atomic E-state index is 0.282. The molecule has 2 aromatic rings. The lowest BCUT2D eigenvalue weighted by atomic mass is 9.87. The van der Waals surface area contributed by atoms with Crippen molar-refractivity contribution in [2.75, 3.05) is 6.54 Å². The average Bonchev–Trinajstić information content (AvgIpc) is 2.93. The summed E-state index contributed by atoms with van der Waals surface area (Å²) in [6.07, 6.45) is 10.4. The maximum Gasteiger partial charge on any atom is 0.222 e. The van der Waals surface area contributed by atoms with Gasteiger partial charge in [-0.05, 0) is 25.7 Å². The third-order valence-electron chi connectivity index (χ3n) is 4.76. The Kier molecular flexibility index (Phi) is 3.10. The fourth-order valence-electron chi connectivity index (χ4n) is 3.69. The highest BCUT2D eigenvalue weighted by Crippen LogP contribution is 2.34. The number of nitrogens with zero attached hydrogens (tertiary/aromatic N) is 4. The van der Waals surface area contributed by atoms with Crippen molar-refractivity contribution < 1.29 is 4.79 Å². The number of carbonyl (C=O) groups is 1. The van der Waals surface area contributed by atoms with Crippen LogP contribution in [0.15, 0.2) is 18.6 Å². The van der Waals surface area contributed by atoms with Crippen LogP contribution in [0.3, 0.4) is 0 Å². The van der Waals surface area contributed by atoms with Gasteiger partial charge in [0.2, 0.25) is 5.91 Å². The van der Waals surface area contributed by atoms with Crippen LogP contribution in [-0.4, -0.2) is 37.8 Å². The largest absolute Gasteiger partial charge is 0.339 e. The second-order valence-corrected chi connectivity index (χ2v) is 6.31. The first-order valence-corrected chi connectivity index (χ1v) is 7.89. The van der Waals surface area contributed by atoms with Gasteiger partial charge in [0.25, 0.3) is 0 Å². The van der Waals surface area contributed by atoms with E-state index in [9.17, 15) is 4.79 Å². The monoisotopic (exact) mass is 304 g/mol. The second kappa shape index (κ2) is 4.98. The number of rotatable bonds is 1. The molecule has 2 aliphatic rings. The Morgan fingerprint density at radius 3 is 3.05 bits per heavy atom. The Balaban J connectivity index is 1.67. The van der Waals surface area contributed by atoms with E-state index in [0.717, 1.165) is 43.6 Å². The molecule has 0 spiro atoms. The van der Waals surface area contributed by atoms with Gasteiger partial charge < -0.3 is 4.90 Å². The standard InChI is InChI=1S/C15H17ClN4O/c16-14-12-8-18-15(19(12)7-6-17-14)10-4-5-11-2-1-3-13(21)20(11)9-10/h6-8,10-11H,1-5,9H2/t10-,11+/m1/s1. The van der Waals surface area contributed by atoms with Crippen LogP contribution in [0.4, 0.5) is 0 Å². The molecule has 0 bridgehead atoms. The van der Waals surface area contributed by atoms with Crippen LogP contribution in [-0.2, 0) is 4.79 Å². The van der Waals surface area contributed by atoms with Gasteiger partial charge in [0.1, 0.15) is 11.3 Å². The van der Waals surface area contributed by atoms with Gasteiger partial charge in [-0.1, -0.05) is 11.6 Å². The van der Waals surface area contributed by atoms with Gasteiger partial charge in [0.15, 0.2) is 5.15 Å². The van der Waals surface area contributed by atoms with E-state index in [1.807, 2.05) is 10.6 Å². The van der Waals surface area contributed by atoms with Gasteiger partial charge in [0, 0.05) is 37.3 Å². The Morgan fingerprint density at radius 2 is 2.14 bits per heavy atom. The minimum Gasteiger partial charge on any atom is -0.339 e. The van der Waals surface area contributed by atoms with Gasteiger partial charge in [-0.3, -0.25) is 9.20 Å². The highest BCUT2D eigenvalue weighted by molar-refractivity contribution is 6.32. The first-order valence-electron chi connectivity index (χ1n) is 7.51. The predicted octanol–water partition coefficient (Wildman–Crippen LogP) is 2.64. The molecule has 21 heavy (non-hydrogen) atoms. The number of hydrogen-bond acceptors (Lipinski definition) is 3. The molecule has 0 radical (unpaired) electrons. The van der Waals surface area contributed by atoms with E-state index in [1.54, 1.807) is 12.4 Å². The molecule has 110 valence electrons. The molecular weight excluding hydrogens is 288 g/mol. The van der Waals surface area contributed by atoms with Crippen molar-refractivity contribution >= 4 is 23.0 Å². The van der Waals surface area contributed by atoms with Gasteiger partial charge in [-0.2, -0.15) is 0 Å². The Bertz CT molecular complexity index is 698. The molecule has 5 nitrogen and oxygen atoms in total. The lowest BCUT2D eigenvalue weighted by Crippen LogP contribution is -2.48. The van der Waals surface area contributed by atoms with Crippen LogP contribution < -0.4 is 0 Å². The van der Waals surface area contributed by atoms with E-state index in [0.29, 0.717) is 23.5 Å². The van der Waals surface area contributed by atoms with Crippen molar-refractivity contribution in [3.05, 3.63) is 29.6 Å². The second-order valence-electron chi connectivity index (χ2n) is 5.96. The minimum atomic E-state index is 0.282. The van der Waals surface area contributed by atoms with E-state index in [1.165, 1.54) is 0 Å². The number of fused-ring (bicyclic) bond motifs is 2. The quantitative estimate of drug-likeness (QED) is 0.814. The summed E-state index contributed by atoms with van der Waals surface area (Å²) in [6.45, 7) is 0.780. The maximum absolute atomic E-state index is 12.1. The molecule has 1 amide bonds. The Hall–Kier alpha value is -1.62. The number of halogens is 1. The molecule has 0 unspecified atom stereocenters. The van der Waals surface area contributed by atoms with E-state index in [4.69, 9.17) is 11.6 Å². The van der Waals surface area contributed by atoms with Gasteiger partial charge in [-0.15, -0.1) is 0 Å². The molecule has 2 saturated heterocycles. The molecule has 2 aromatic heterocycles. The summed E-state index contributed by atoms with van der Waals surface area (Å²) in [5, 5.41) is 0.471. The zero-order chi connectivity index (χ0) is 14.4. The highest BCUT2D eigenvalue weighted by atomic mass is 35.5. The normalized spacial score (nSPS) is 26.1. The molecular formula is C15H17ClN4O. The highest BCUT2D eigenvalue weighted by Gasteiger charge is 2.35. The summed E-state index contributed by atoms with van der Waals surface area (Å²) >= 11 is 6.11. The fraction of sp³-hybridized carbons (Fsp3) is 0.533. The summed E-state index contributed by atoms with van der Waals surface area (Å²) in [6, 6.07) is 0.444. The van der Waals surface area contributed by atoms with Crippen molar-refractivity contribution in [2.24, 2.45) is 0 Å². The molecule has 0 aromatic carbocycles. The molecule has 2 atom stereocenters. The summed E-state index contributed by atoms with van der Waals surface area (Å²) in [7, 11) is 0. The van der Waals surface area contributed by atoms with Gasteiger partial charge >= 0.3 is 0 Å². The number of carbonyl (C=O) groups excluding carboxylic acids is 1. The fourth-order valence-corrected chi connectivity index (χ4v) is 3.89. The number of aromatic nitrogens is 3. The summed E-state index contributed by atoms with van der Waals surface area (Å²) < 4.78 is 2.01. The Labute approximate surface area is 127 Å². The topological polar surface area (TPSA) is 50.5 Å². The van der Waals surface area contributed by atoms with Gasteiger partial charge in [-0.25, -0.2) is 9.97 Å². The number of imidazole rings is 1. The van der Waals surface area contributed by atoms with Gasteiger partial charge in [0.05, 0.1) is 6.20 Å². The van der Waals surface area contributed by atoms with Crippen LogP contribution >= 0.6 is 11.6 Å². The SMILES string of the molecule is O=C1CCC[C@H]2CC[C@@H](c3ncc4c(Cl)nccn34)CN12.